The van der Waals surface area contributed by atoms with E-state index in [1.54, 1.807) is 17.8 Å². The van der Waals surface area contributed by atoms with E-state index in [4.69, 9.17) is 16.7 Å². The average molecular weight is 201 g/mol. The normalized spacial score (nSPS) is 10.8. The number of aliphatic hydroxyl groups excluding tert-OH is 1. The van der Waals surface area contributed by atoms with Gasteiger partial charge in [0.15, 0.2) is 0 Å². The van der Waals surface area contributed by atoms with Crippen molar-refractivity contribution in [2.24, 2.45) is 0 Å². The van der Waals surface area contributed by atoms with Crippen LogP contribution in [0.4, 0.5) is 0 Å². The number of aliphatic hydroxyl groups is 1. The van der Waals surface area contributed by atoms with E-state index in [0.29, 0.717) is 0 Å². The summed E-state index contributed by atoms with van der Waals surface area (Å²) in [6, 6.07) is 7.57. The quantitative estimate of drug-likeness (QED) is 0.758. The summed E-state index contributed by atoms with van der Waals surface area (Å²) in [5.41, 5.74) is 0. The highest BCUT2D eigenvalue weighted by Crippen LogP contribution is 2.20. The minimum absolute atomic E-state index is 0.0839. The summed E-state index contributed by atoms with van der Waals surface area (Å²) in [5, 5.41) is 11.1. The first-order valence-corrected chi connectivity index (χ1v) is 4.77. The van der Waals surface area contributed by atoms with Gasteiger partial charge in [0, 0.05) is 9.92 Å². The summed E-state index contributed by atoms with van der Waals surface area (Å²) in [6.07, 6.45) is 1.69. The lowest BCUT2D eigenvalue weighted by molar-refractivity contribution is 0.343. The monoisotopic (exact) mass is 200 g/mol. The summed E-state index contributed by atoms with van der Waals surface area (Å²) < 4.78 is 0. The first-order valence-electron chi connectivity index (χ1n) is 3.51. The molecule has 64 valence electrons. The first kappa shape index (κ1) is 9.65. The van der Waals surface area contributed by atoms with Crippen molar-refractivity contribution in [3.63, 3.8) is 0 Å². The molecule has 1 aromatic rings. The van der Waals surface area contributed by atoms with E-state index in [-0.39, 0.29) is 6.61 Å². The smallest absolute Gasteiger partial charge is 0.0620 e. The Bertz CT molecular complexity index is 256. The van der Waals surface area contributed by atoms with Crippen molar-refractivity contribution in [3.05, 3.63) is 40.8 Å². The number of halogens is 1. The molecule has 12 heavy (non-hydrogen) atoms. The van der Waals surface area contributed by atoms with E-state index >= 15 is 0 Å². The molecule has 0 aromatic heterocycles. The zero-order valence-electron chi connectivity index (χ0n) is 6.40. The van der Waals surface area contributed by atoms with Crippen molar-refractivity contribution >= 4 is 23.4 Å². The minimum atomic E-state index is 0.0839. The molecule has 3 heteroatoms. The van der Waals surface area contributed by atoms with Gasteiger partial charge in [-0.2, -0.15) is 0 Å². The SMILES string of the molecule is OC/C=C\Sc1ccc(Cl)cc1. The molecule has 0 aliphatic rings. The second kappa shape index (κ2) is 5.25. The van der Waals surface area contributed by atoms with Crippen molar-refractivity contribution in [2.45, 2.75) is 4.90 Å². The van der Waals surface area contributed by atoms with E-state index in [9.17, 15) is 0 Å². The van der Waals surface area contributed by atoms with Crippen LogP contribution in [0, 0.1) is 0 Å². The lowest BCUT2D eigenvalue weighted by Gasteiger charge is -1.94. The molecule has 1 N–H and O–H groups in total. The van der Waals surface area contributed by atoms with Crippen LogP contribution in [0.25, 0.3) is 0 Å². The van der Waals surface area contributed by atoms with Gasteiger partial charge < -0.3 is 5.11 Å². The summed E-state index contributed by atoms with van der Waals surface area (Å²) in [4.78, 5) is 1.11. The largest absolute Gasteiger partial charge is 0.392 e. The molecule has 0 bridgehead atoms. The van der Waals surface area contributed by atoms with Crippen molar-refractivity contribution in [1.82, 2.24) is 0 Å². The van der Waals surface area contributed by atoms with Crippen molar-refractivity contribution in [1.29, 1.82) is 0 Å². The minimum Gasteiger partial charge on any atom is -0.392 e. The Morgan fingerprint density at radius 1 is 1.33 bits per heavy atom. The van der Waals surface area contributed by atoms with Crippen LogP contribution in [0.15, 0.2) is 40.6 Å². The molecule has 0 unspecified atom stereocenters. The zero-order valence-corrected chi connectivity index (χ0v) is 7.98. The first-order chi connectivity index (χ1) is 5.83. The van der Waals surface area contributed by atoms with Crippen LogP contribution in [0.2, 0.25) is 5.02 Å². The van der Waals surface area contributed by atoms with E-state index < -0.39 is 0 Å². The van der Waals surface area contributed by atoms with Crippen LogP contribution in [-0.4, -0.2) is 11.7 Å². The van der Waals surface area contributed by atoms with Gasteiger partial charge in [0.25, 0.3) is 0 Å². The highest BCUT2D eigenvalue weighted by molar-refractivity contribution is 8.02. The van der Waals surface area contributed by atoms with Crippen LogP contribution in [0.3, 0.4) is 0 Å². The fraction of sp³-hybridized carbons (Fsp3) is 0.111. The van der Waals surface area contributed by atoms with Gasteiger partial charge in [-0.15, -0.1) is 0 Å². The number of hydrogen-bond acceptors (Lipinski definition) is 2. The van der Waals surface area contributed by atoms with Crippen molar-refractivity contribution in [3.8, 4) is 0 Å². The maximum atomic E-state index is 8.47. The van der Waals surface area contributed by atoms with Crippen molar-refractivity contribution < 1.29 is 5.11 Å². The van der Waals surface area contributed by atoms with Gasteiger partial charge in [-0.1, -0.05) is 29.4 Å². The molecule has 0 spiro atoms. The fourth-order valence-corrected chi connectivity index (χ4v) is 1.44. The van der Waals surface area contributed by atoms with Gasteiger partial charge in [-0.25, -0.2) is 0 Å². The third kappa shape index (κ3) is 3.30. The van der Waals surface area contributed by atoms with Gasteiger partial charge in [-0.3, -0.25) is 0 Å². The van der Waals surface area contributed by atoms with Crippen LogP contribution < -0.4 is 0 Å². The van der Waals surface area contributed by atoms with Crippen LogP contribution in [-0.2, 0) is 0 Å². The van der Waals surface area contributed by atoms with Gasteiger partial charge >= 0.3 is 0 Å². The maximum absolute atomic E-state index is 8.47. The summed E-state index contributed by atoms with van der Waals surface area (Å²) in [5.74, 6) is 0. The number of hydrogen-bond donors (Lipinski definition) is 1. The molecule has 0 atom stereocenters. The Balaban J connectivity index is 2.53. The molecule has 0 fully saturated rings. The molecule has 0 heterocycles. The molecular formula is C9H9ClOS. The van der Waals surface area contributed by atoms with Crippen LogP contribution in [0.1, 0.15) is 0 Å². The molecule has 0 saturated carbocycles. The van der Waals surface area contributed by atoms with E-state index in [1.165, 1.54) is 0 Å². The number of benzene rings is 1. The second-order valence-corrected chi connectivity index (χ2v) is 3.54. The lowest BCUT2D eigenvalue weighted by atomic mass is 10.4. The summed E-state index contributed by atoms with van der Waals surface area (Å²) >= 11 is 7.26. The zero-order chi connectivity index (χ0) is 8.81. The molecule has 1 aromatic carbocycles. The summed E-state index contributed by atoms with van der Waals surface area (Å²) in [6.45, 7) is 0.0839. The molecule has 1 nitrogen and oxygen atoms in total. The van der Waals surface area contributed by atoms with Crippen LogP contribution >= 0.6 is 23.4 Å². The maximum Gasteiger partial charge on any atom is 0.0620 e. The van der Waals surface area contributed by atoms with E-state index in [2.05, 4.69) is 0 Å². The molecule has 0 aliphatic heterocycles. The lowest BCUT2D eigenvalue weighted by Crippen LogP contribution is -1.70. The Hall–Kier alpha value is -0.440. The number of rotatable bonds is 3. The van der Waals surface area contributed by atoms with Gasteiger partial charge in [0.1, 0.15) is 0 Å². The molecule has 0 radical (unpaired) electrons. The molecule has 0 saturated heterocycles. The number of thioether (sulfide) groups is 1. The topological polar surface area (TPSA) is 20.2 Å². The molecule has 0 amide bonds. The Labute approximate surface area is 81.1 Å². The second-order valence-electron chi connectivity index (χ2n) is 2.13. The third-order valence-electron chi connectivity index (χ3n) is 1.22. The van der Waals surface area contributed by atoms with E-state index in [1.807, 2.05) is 29.7 Å². The predicted molar refractivity (Wildman–Crippen MR) is 53.5 cm³/mol. The van der Waals surface area contributed by atoms with Gasteiger partial charge in [0.2, 0.25) is 0 Å². The van der Waals surface area contributed by atoms with Crippen molar-refractivity contribution in [2.75, 3.05) is 6.61 Å². The Morgan fingerprint density at radius 3 is 2.58 bits per heavy atom. The standard InChI is InChI=1S/C9H9ClOS/c10-8-2-4-9(5-3-8)12-7-1-6-11/h1-5,7,11H,6H2/b7-1-. The molecule has 1 rings (SSSR count). The Morgan fingerprint density at radius 2 is 2.00 bits per heavy atom. The van der Waals surface area contributed by atoms with Gasteiger partial charge in [-0.05, 0) is 29.7 Å². The van der Waals surface area contributed by atoms with Crippen LogP contribution in [0.5, 0.6) is 0 Å². The average Bonchev–Trinajstić information content (AvgIpc) is 2.09. The fourth-order valence-electron chi connectivity index (χ4n) is 0.683. The predicted octanol–water partition coefficient (Wildman–Crippen LogP) is 2.94. The van der Waals surface area contributed by atoms with Gasteiger partial charge in [0.05, 0.1) is 6.61 Å². The highest BCUT2D eigenvalue weighted by atomic mass is 35.5. The highest BCUT2D eigenvalue weighted by Gasteiger charge is 1.89. The van der Waals surface area contributed by atoms with E-state index in [0.717, 1.165) is 9.92 Å². The Kier molecular flexibility index (Phi) is 4.22. The molecule has 0 aliphatic carbocycles. The molecular weight excluding hydrogens is 192 g/mol. The third-order valence-corrected chi connectivity index (χ3v) is 2.34. The summed E-state index contributed by atoms with van der Waals surface area (Å²) in [7, 11) is 0.